The summed E-state index contributed by atoms with van der Waals surface area (Å²) in [6.45, 7) is 2.77. The lowest BCUT2D eigenvalue weighted by Crippen LogP contribution is -2.54. The minimum absolute atomic E-state index is 0.0230. The third-order valence-corrected chi connectivity index (χ3v) is 7.12. The van der Waals surface area contributed by atoms with E-state index in [2.05, 4.69) is 5.32 Å². The van der Waals surface area contributed by atoms with Gasteiger partial charge in [0.2, 0.25) is 5.91 Å². The first-order valence-corrected chi connectivity index (χ1v) is 11.7. The van der Waals surface area contributed by atoms with Crippen LogP contribution in [-0.4, -0.2) is 59.9 Å². The Morgan fingerprint density at radius 1 is 1.11 bits per heavy atom. The maximum atomic E-state index is 13.9. The molecule has 2 aromatic rings. The normalized spacial score (nSPS) is 20.8. The van der Waals surface area contributed by atoms with Crippen molar-refractivity contribution in [3.05, 3.63) is 65.2 Å². The molecule has 2 aliphatic heterocycles. The summed E-state index contributed by atoms with van der Waals surface area (Å²) in [7, 11) is 1.59. The molecule has 2 heterocycles. The molecular formula is C26H29F2N3O4. The third-order valence-electron chi connectivity index (χ3n) is 7.12. The van der Waals surface area contributed by atoms with E-state index in [1.165, 1.54) is 17.0 Å². The minimum atomic E-state index is -1.04. The van der Waals surface area contributed by atoms with Crippen LogP contribution in [0.2, 0.25) is 0 Å². The van der Waals surface area contributed by atoms with Crippen molar-refractivity contribution in [2.24, 2.45) is 5.92 Å². The Balaban J connectivity index is 1.33. The molecule has 2 fully saturated rings. The number of methoxy groups -OCH3 is 1. The Kier molecular flexibility index (Phi) is 7.05. The lowest BCUT2D eigenvalue weighted by Gasteiger charge is -2.39. The van der Waals surface area contributed by atoms with Crippen LogP contribution in [0.4, 0.5) is 13.6 Å². The zero-order valence-corrected chi connectivity index (χ0v) is 19.9. The average molecular weight is 486 g/mol. The highest BCUT2D eigenvalue weighted by molar-refractivity contribution is 6.07. The third kappa shape index (κ3) is 4.99. The van der Waals surface area contributed by atoms with Crippen LogP contribution in [0.5, 0.6) is 5.75 Å². The van der Waals surface area contributed by atoms with Crippen LogP contribution in [0, 0.1) is 17.6 Å². The molecule has 4 rings (SSSR count). The van der Waals surface area contributed by atoms with Gasteiger partial charge < -0.3 is 15.0 Å². The van der Waals surface area contributed by atoms with Gasteiger partial charge in [0.15, 0.2) is 11.6 Å². The molecule has 35 heavy (non-hydrogen) atoms. The highest BCUT2D eigenvalue weighted by Gasteiger charge is 2.52. The highest BCUT2D eigenvalue weighted by Crippen LogP contribution is 2.34. The van der Waals surface area contributed by atoms with Crippen molar-refractivity contribution in [2.75, 3.05) is 26.7 Å². The first kappa shape index (κ1) is 24.6. The van der Waals surface area contributed by atoms with E-state index in [0.29, 0.717) is 32.4 Å². The number of imide groups is 1. The number of benzene rings is 2. The largest absolute Gasteiger partial charge is 0.497 e. The van der Waals surface area contributed by atoms with Gasteiger partial charge in [-0.3, -0.25) is 14.5 Å². The summed E-state index contributed by atoms with van der Waals surface area (Å²) in [6.07, 6.45) is 1.35. The second kappa shape index (κ2) is 10.0. The SMILES string of the molecule is COc1ccc(CCN2C(=O)N[C@@](C)(C3CCN(C(=O)Cc4cccc(F)c4F)CC3)C2=O)cc1. The molecule has 2 aromatic carbocycles. The van der Waals surface area contributed by atoms with E-state index in [0.717, 1.165) is 17.4 Å². The standard InChI is InChI=1S/C26H29F2N3O4/c1-26(24(33)31(25(34)29-26)15-10-17-6-8-20(35-2)9-7-17)19-11-13-30(14-12-19)22(32)16-18-4-3-5-21(27)23(18)28/h3-9,19H,10-16H2,1-2H3,(H,29,34)/t26-/m0/s1. The van der Waals surface area contributed by atoms with Crippen LogP contribution in [-0.2, 0) is 22.4 Å². The van der Waals surface area contributed by atoms with Gasteiger partial charge in [0.05, 0.1) is 13.5 Å². The Morgan fingerprint density at radius 3 is 2.46 bits per heavy atom. The fourth-order valence-corrected chi connectivity index (χ4v) is 4.89. The Hall–Kier alpha value is -3.49. The molecule has 9 heteroatoms. The lowest BCUT2D eigenvalue weighted by molar-refractivity contribution is -0.135. The molecule has 1 atom stereocenters. The molecule has 0 radical (unpaired) electrons. The van der Waals surface area contributed by atoms with Crippen LogP contribution in [0.3, 0.4) is 0 Å². The van der Waals surface area contributed by atoms with Gasteiger partial charge in [-0.2, -0.15) is 0 Å². The molecule has 0 aromatic heterocycles. The fraction of sp³-hybridized carbons (Fsp3) is 0.423. The maximum absolute atomic E-state index is 13.9. The summed E-state index contributed by atoms with van der Waals surface area (Å²) in [6, 6.07) is 10.9. The summed E-state index contributed by atoms with van der Waals surface area (Å²) < 4.78 is 32.5. The van der Waals surface area contributed by atoms with Gasteiger partial charge in [0.25, 0.3) is 5.91 Å². The van der Waals surface area contributed by atoms with Gasteiger partial charge >= 0.3 is 6.03 Å². The number of carbonyl (C=O) groups is 3. The maximum Gasteiger partial charge on any atom is 0.325 e. The topological polar surface area (TPSA) is 79.0 Å². The van der Waals surface area contributed by atoms with Crippen LogP contribution in [0.15, 0.2) is 42.5 Å². The van der Waals surface area contributed by atoms with Gasteiger partial charge in [-0.25, -0.2) is 13.6 Å². The number of rotatable bonds is 7. The quantitative estimate of drug-likeness (QED) is 0.611. The predicted octanol–water partition coefficient (Wildman–Crippen LogP) is 3.31. The Labute approximate surface area is 203 Å². The first-order chi connectivity index (χ1) is 16.7. The molecule has 2 aliphatic rings. The second-order valence-corrected chi connectivity index (χ2v) is 9.23. The van der Waals surface area contributed by atoms with Crippen molar-refractivity contribution in [3.8, 4) is 5.75 Å². The summed E-state index contributed by atoms with van der Waals surface area (Å²) in [5, 5.41) is 2.87. The van der Waals surface area contributed by atoms with Gasteiger partial charge in [0.1, 0.15) is 11.3 Å². The summed E-state index contributed by atoms with van der Waals surface area (Å²) in [5.41, 5.74) is -0.0303. The number of halogens is 2. The molecule has 4 amide bonds. The number of carbonyl (C=O) groups excluding carboxylic acids is 3. The van der Waals surface area contributed by atoms with Crippen LogP contribution >= 0.6 is 0 Å². The van der Waals surface area contributed by atoms with E-state index in [1.807, 2.05) is 24.3 Å². The second-order valence-electron chi connectivity index (χ2n) is 9.23. The van der Waals surface area contributed by atoms with Crippen molar-refractivity contribution < 1.29 is 27.9 Å². The number of hydrogen-bond acceptors (Lipinski definition) is 4. The van der Waals surface area contributed by atoms with Gasteiger partial charge in [-0.05, 0) is 55.9 Å². The molecule has 1 N–H and O–H groups in total. The molecular weight excluding hydrogens is 456 g/mol. The molecule has 0 bridgehead atoms. The number of likely N-dealkylation sites (tertiary alicyclic amines) is 1. The van der Waals surface area contributed by atoms with Crippen LogP contribution in [0.1, 0.15) is 30.9 Å². The Morgan fingerprint density at radius 2 is 1.80 bits per heavy atom. The molecule has 186 valence electrons. The van der Waals surface area contributed by atoms with Crippen LogP contribution in [0.25, 0.3) is 0 Å². The van der Waals surface area contributed by atoms with Crippen LogP contribution < -0.4 is 10.1 Å². The summed E-state index contributed by atoms with van der Waals surface area (Å²) in [5.74, 6) is -1.93. The molecule has 0 aliphatic carbocycles. The monoisotopic (exact) mass is 485 g/mol. The van der Waals surface area contributed by atoms with Crippen molar-refractivity contribution >= 4 is 17.8 Å². The lowest BCUT2D eigenvalue weighted by atomic mass is 9.78. The van der Waals surface area contributed by atoms with E-state index < -0.39 is 23.2 Å². The molecule has 0 saturated carbocycles. The number of urea groups is 1. The smallest absolute Gasteiger partial charge is 0.325 e. The number of ether oxygens (including phenoxy) is 1. The van der Waals surface area contributed by atoms with E-state index in [4.69, 9.17) is 4.74 Å². The number of nitrogens with one attached hydrogen (secondary N) is 1. The minimum Gasteiger partial charge on any atom is -0.497 e. The Bertz CT molecular complexity index is 1120. The van der Waals surface area contributed by atoms with E-state index in [9.17, 15) is 23.2 Å². The van der Waals surface area contributed by atoms with Crippen molar-refractivity contribution in [3.63, 3.8) is 0 Å². The highest BCUT2D eigenvalue weighted by atomic mass is 19.2. The van der Waals surface area contributed by atoms with E-state index >= 15 is 0 Å². The zero-order valence-electron chi connectivity index (χ0n) is 19.9. The molecule has 0 spiro atoms. The van der Waals surface area contributed by atoms with Crippen molar-refractivity contribution in [1.29, 1.82) is 0 Å². The number of hydrogen-bond donors (Lipinski definition) is 1. The molecule has 0 unspecified atom stereocenters. The summed E-state index contributed by atoms with van der Waals surface area (Å²) >= 11 is 0. The number of amides is 4. The van der Waals surface area contributed by atoms with Crippen molar-refractivity contribution in [1.82, 2.24) is 15.1 Å². The van der Waals surface area contributed by atoms with Gasteiger partial charge in [-0.1, -0.05) is 24.3 Å². The summed E-state index contributed by atoms with van der Waals surface area (Å²) in [4.78, 5) is 41.4. The first-order valence-electron chi connectivity index (χ1n) is 11.7. The fourth-order valence-electron chi connectivity index (χ4n) is 4.89. The molecule has 2 saturated heterocycles. The zero-order chi connectivity index (χ0) is 25.2. The number of nitrogens with zero attached hydrogens (tertiary/aromatic N) is 2. The number of piperidine rings is 1. The molecule has 7 nitrogen and oxygen atoms in total. The predicted molar refractivity (Wildman–Crippen MR) is 125 cm³/mol. The van der Waals surface area contributed by atoms with Crippen molar-refractivity contribution in [2.45, 2.75) is 38.1 Å². The van der Waals surface area contributed by atoms with E-state index in [-0.39, 0.29) is 36.3 Å². The van der Waals surface area contributed by atoms with Gasteiger partial charge in [-0.15, -0.1) is 0 Å². The van der Waals surface area contributed by atoms with E-state index in [1.54, 1.807) is 18.9 Å². The van der Waals surface area contributed by atoms with Gasteiger partial charge in [0, 0.05) is 25.2 Å². The average Bonchev–Trinajstić information content (AvgIpc) is 3.09.